The average molecular weight is 241 g/mol. The Labute approximate surface area is 103 Å². The molecule has 0 aliphatic carbocycles. The van der Waals surface area contributed by atoms with Gasteiger partial charge >= 0.3 is 0 Å². The van der Waals surface area contributed by atoms with Crippen molar-refractivity contribution in [3.63, 3.8) is 0 Å². The predicted octanol–water partition coefficient (Wildman–Crippen LogP) is 1.91. The fourth-order valence-electron chi connectivity index (χ4n) is 1.73. The second-order valence-electron chi connectivity index (χ2n) is 3.77. The zero-order valence-corrected chi connectivity index (χ0v) is 9.71. The van der Waals surface area contributed by atoms with Crippen molar-refractivity contribution < 1.29 is 4.42 Å². The van der Waals surface area contributed by atoms with E-state index in [0.717, 1.165) is 5.56 Å². The zero-order chi connectivity index (χ0) is 12.5. The molecule has 0 fully saturated rings. The highest BCUT2D eigenvalue weighted by Gasteiger charge is 2.12. The van der Waals surface area contributed by atoms with Gasteiger partial charge in [0.05, 0.1) is 0 Å². The lowest BCUT2D eigenvalue weighted by Gasteiger charge is -1.96. The molecule has 18 heavy (non-hydrogen) atoms. The lowest BCUT2D eigenvalue weighted by Crippen LogP contribution is -1.93. The lowest BCUT2D eigenvalue weighted by molar-refractivity contribution is 0.607. The van der Waals surface area contributed by atoms with E-state index in [2.05, 4.69) is 20.3 Å². The third-order valence-electron chi connectivity index (χ3n) is 2.57. The first-order chi connectivity index (χ1) is 8.78. The van der Waals surface area contributed by atoms with Crippen LogP contribution in [0.4, 0.5) is 11.5 Å². The van der Waals surface area contributed by atoms with Gasteiger partial charge < -0.3 is 15.5 Å². The van der Waals surface area contributed by atoms with Gasteiger partial charge in [-0.2, -0.15) is 4.98 Å². The highest BCUT2D eigenvalue weighted by molar-refractivity contribution is 5.83. The van der Waals surface area contributed by atoms with Crippen molar-refractivity contribution in [2.24, 2.45) is 0 Å². The fourth-order valence-corrected chi connectivity index (χ4v) is 1.73. The largest absolute Gasteiger partial charge is 0.417 e. The summed E-state index contributed by atoms with van der Waals surface area (Å²) in [5.74, 6) is 1.12. The van der Waals surface area contributed by atoms with E-state index in [4.69, 9.17) is 10.2 Å². The van der Waals surface area contributed by atoms with Crippen LogP contribution in [0.1, 0.15) is 0 Å². The van der Waals surface area contributed by atoms with E-state index in [1.807, 2.05) is 18.2 Å². The van der Waals surface area contributed by atoms with Crippen LogP contribution in [-0.4, -0.2) is 22.0 Å². The summed E-state index contributed by atoms with van der Waals surface area (Å²) in [5.41, 5.74) is 8.27. The van der Waals surface area contributed by atoms with Crippen LogP contribution in [-0.2, 0) is 0 Å². The van der Waals surface area contributed by atoms with Gasteiger partial charge in [0.25, 0.3) is 5.71 Å². The molecule has 3 aromatic rings. The number of benzene rings is 1. The number of oxazole rings is 1. The van der Waals surface area contributed by atoms with Crippen molar-refractivity contribution in [3.8, 4) is 11.5 Å². The molecular weight excluding hydrogens is 230 g/mol. The molecule has 0 unspecified atom stereocenters. The molecule has 0 aliphatic rings. The molecule has 3 N–H and O–H groups in total. The van der Waals surface area contributed by atoms with Crippen LogP contribution in [0.5, 0.6) is 0 Å². The standard InChI is InChI=1S/C12H11N5O/c1-14-10-9-12(16-6-15-10)18-11(17-9)7-3-2-4-8(13)5-7/h2-6H,13H2,1H3,(H,14,15,16). The number of nitrogens with zero attached hydrogens (tertiary/aromatic N) is 3. The van der Waals surface area contributed by atoms with Crippen molar-refractivity contribution in [2.75, 3.05) is 18.1 Å². The molecule has 0 aliphatic heterocycles. The summed E-state index contributed by atoms with van der Waals surface area (Å²) >= 11 is 0. The number of hydrogen-bond donors (Lipinski definition) is 2. The van der Waals surface area contributed by atoms with E-state index >= 15 is 0 Å². The average Bonchev–Trinajstić information content (AvgIpc) is 2.82. The van der Waals surface area contributed by atoms with Gasteiger partial charge in [-0.05, 0) is 18.2 Å². The molecule has 0 amide bonds. The van der Waals surface area contributed by atoms with Crippen molar-refractivity contribution >= 4 is 22.7 Å². The van der Waals surface area contributed by atoms with E-state index in [-0.39, 0.29) is 0 Å². The van der Waals surface area contributed by atoms with Crippen molar-refractivity contribution in [1.82, 2.24) is 15.0 Å². The topological polar surface area (TPSA) is 89.9 Å². The van der Waals surface area contributed by atoms with Gasteiger partial charge in [-0.3, -0.25) is 0 Å². The summed E-state index contributed by atoms with van der Waals surface area (Å²) in [4.78, 5) is 12.5. The maximum absolute atomic E-state index is 5.74. The first kappa shape index (κ1) is 10.5. The van der Waals surface area contributed by atoms with Gasteiger partial charge in [-0.25, -0.2) is 9.97 Å². The molecule has 0 spiro atoms. The summed E-state index contributed by atoms with van der Waals surface area (Å²) in [7, 11) is 1.77. The van der Waals surface area contributed by atoms with Crippen LogP contribution in [0.2, 0.25) is 0 Å². The number of fused-ring (bicyclic) bond motifs is 1. The van der Waals surface area contributed by atoms with E-state index < -0.39 is 0 Å². The number of nitrogens with one attached hydrogen (secondary N) is 1. The summed E-state index contributed by atoms with van der Waals surface area (Å²) in [6.07, 6.45) is 1.43. The van der Waals surface area contributed by atoms with Crippen molar-refractivity contribution in [1.29, 1.82) is 0 Å². The molecule has 90 valence electrons. The maximum Gasteiger partial charge on any atom is 0.252 e. The minimum atomic E-state index is 0.451. The Morgan fingerprint density at radius 3 is 2.94 bits per heavy atom. The van der Waals surface area contributed by atoms with Gasteiger partial charge in [-0.1, -0.05) is 6.07 Å². The van der Waals surface area contributed by atoms with Crippen molar-refractivity contribution in [2.45, 2.75) is 0 Å². The molecule has 3 rings (SSSR count). The van der Waals surface area contributed by atoms with Crippen LogP contribution in [0, 0.1) is 0 Å². The van der Waals surface area contributed by atoms with Crippen LogP contribution in [0.15, 0.2) is 35.0 Å². The highest BCUT2D eigenvalue weighted by atomic mass is 16.4. The molecule has 1 aromatic carbocycles. The molecule has 0 saturated carbocycles. The SMILES string of the molecule is CNc1ncnc2oc(-c3cccc(N)c3)nc12. The number of anilines is 2. The van der Waals surface area contributed by atoms with Gasteiger partial charge in [-0.15, -0.1) is 0 Å². The Morgan fingerprint density at radius 2 is 2.17 bits per heavy atom. The van der Waals surface area contributed by atoms with E-state index in [9.17, 15) is 0 Å². The normalized spacial score (nSPS) is 10.7. The first-order valence-corrected chi connectivity index (χ1v) is 5.43. The van der Waals surface area contributed by atoms with E-state index in [0.29, 0.717) is 28.6 Å². The van der Waals surface area contributed by atoms with E-state index in [1.54, 1.807) is 13.1 Å². The zero-order valence-electron chi connectivity index (χ0n) is 9.71. The molecule has 0 radical (unpaired) electrons. The summed E-state index contributed by atoms with van der Waals surface area (Å²) in [6.45, 7) is 0. The Kier molecular flexibility index (Phi) is 2.33. The fraction of sp³-hybridized carbons (Fsp3) is 0.0833. The summed E-state index contributed by atoms with van der Waals surface area (Å²) < 4.78 is 5.59. The third kappa shape index (κ3) is 1.64. The number of rotatable bonds is 2. The summed E-state index contributed by atoms with van der Waals surface area (Å²) in [6, 6.07) is 7.35. The van der Waals surface area contributed by atoms with Gasteiger partial charge in [0.1, 0.15) is 6.33 Å². The van der Waals surface area contributed by atoms with Gasteiger partial charge in [0.2, 0.25) is 5.89 Å². The van der Waals surface area contributed by atoms with Crippen LogP contribution in [0.3, 0.4) is 0 Å². The number of hydrogen-bond acceptors (Lipinski definition) is 6. The Hall–Kier alpha value is -2.63. The Morgan fingerprint density at radius 1 is 1.28 bits per heavy atom. The Bertz CT molecular complexity index is 707. The minimum Gasteiger partial charge on any atom is -0.417 e. The number of nitrogens with two attached hydrogens (primary N) is 1. The predicted molar refractivity (Wildman–Crippen MR) is 69.0 cm³/mol. The monoisotopic (exact) mass is 241 g/mol. The molecule has 0 atom stereocenters. The molecule has 6 nitrogen and oxygen atoms in total. The van der Waals surface area contributed by atoms with Crippen LogP contribution in [0.25, 0.3) is 22.7 Å². The minimum absolute atomic E-state index is 0.451. The second-order valence-corrected chi connectivity index (χ2v) is 3.77. The van der Waals surface area contributed by atoms with Gasteiger partial charge in [0, 0.05) is 18.3 Å². The highest BCUT2D eigenvalue weighted by Crippen LogP contribution is 2.26. The molecular formula is C12H11N5O. The molecule has 0 bridgehead atoms. The lowest BCUT2D eigenvalue weighted by atomic mass is 10.2. The quantitative estimate of drug-likeness (QED) is 0.666. The number of aromatic nitrogens is 3. The van der Waals surface area contributed by atoms with E-state index in [1.165, 1.54) is 6.33 Å². The van der Waals surface area contributed by atoms with Crippen LogP contribution >= 0.6 is 0 Å². The van der Waals surface area contributed by atoms with Gasteiger partial charge in [0.15, 0.2) is 11.3 Å². The molecule has 0 saturated heterocycles. The molecule has 2 heterocycles. The Balaban J connectivity index is 2.19. The summed E-state index contributed by atoms with van der Waals surface area (Å²) in [5, 5.41) is 2.95. The smallest absolute Gasteiger partial charge is 0.252 e. The number of nitrogen functional groups attached to an aromatic ring is 1. The second kappa shape index (κ2) is 3.99. The third-order valence-corrected chi connectivity index (χ3v) is 2.57. The van der Waals surface area contributed by atoms with Crippen LogP contribution < -0.4 is 11.1 Å². The first-order valence-electron chi connectivity index (χ1n) is 5.43. The molecule has 6 heteroatoms. The van der Waals surface area contributed by atoms with Crippen molar-refractivity contribution in [3.05, 3.63) is 30.6 Å². The maximum atomic E-state index is 5.74. The molecule has 2 aromatic heterocycles.